The molecule has 32 nitrogen and oxygen atoms in total. The molecule has 0 aromatic carbocycles. The van der Waals surface area contributed by atoms with Crippen molar-refractivity contribution in [2.45, 2.75) is 284 Å². The third-order valence-electron chi connectivity index (χ3n) is 18.3. The van der Waals surface area contributed by atoms with Crippen LogP contribution in [0.25, 0.3) is 0 Å². The number of carbonyl (C=O) groups excluding carboxylic acids is 15. The van der Waals surface area contributed by atoms with Crippen LogP contribution in [0.3, 0.4) is 0 Å². The lowest BCUT2D eigenvalue weighted by atomic mass is 9.95. The summed E-state index contributed by atoms with van der Waals surface area (Å²) >= 11 is 0. The summed E-state index contributed by atoms with van der Waals surface area (Å²) in [4.78, 5) is 210. The number of aliphatic hydroxyl groups is 2. The SMILES string of the molecule is CCC(C)C(NC(=O)C(CO)NC(=O)C1CCCN1C(=O)C(C)(C)NC(=O)C(CC(C)C)NC(=O)C(CCC(N)=O)NC(=O)C(C)(C)NC(C)=O)C(=O)NC(C)(C)C(=O)N1CCCC1C(=O)NC(C)(C)C(=O)NC(CC(C)C)C(=O)NC(C)(C)C(=O)N1CCCC1C(=O)NC(CO)C(C)C. The summed E-state index contributed by atoms with van der Waals surface area (Å²) in [6.45, 7) is 29.0. The molecule has 0 aromatic rings. The minimum Gasteiger partial charge on any atom is -0.394 e. The van der Waals surface area contributed by atoms with Gasteiger partial charge in [-0.1, -0.05) is 61.8 Å². The number of likely N-dealkylation sites (tertiary alicyclic amines) is 3. The van der Waals surface area contributed by atoms with Gasteiger partial charge >= 0.3 is 0 Å². The highest BCUT2D eigenvalue weighted by molar-refractivity contribution is 6.02. The summed E-state index contributed by atoms with van der Waals surface area (Å²) in [7, 11) is 0. The van der Waals surface area contributed by atoms with Crippen molar-refractivity contribution in [3.05, 3.63) is 0 Å². The molecule has 566 valence electrons. The zero-order valence-corrected chi connectivity index (χ0v) is 62.3. The topological polar surface area (TPSA) is 465 Å². The molecule has 0 aliphatic carbocycles. The van der Waals surface area contributed by atoms with E-state index in [4.69, 9.17) is 5.73 Å². The third-order valence-corrected chi connectivity index (χ3v) is 18.3. The maximum Gasteiger partial charge on any atom is 0.248 e. The lowest BCUT2D eigenvalue weighted by molar-refractivity contribution is -0.146. The summed E-state index contributed by atoms with van der Waals surface area (Å²) in [5.74, 6) is -11.9. The van der Waals surface area contributed by atoms with Crippen LogP contribution in [-0.2, 0) is 71.9 Å². The van der Waals surface area contributed by atoms with Gasteiger partial charge in [-0.05, 0) is 151 Å². The highest BCUT2D eigenvalue weighted by atomic mass is 16.3. The molecule has 15 amide bonds. The number of hydrogen-bond donors (Lipinski definition) is 14. The van der Waals surface area contributed by atoms with Crippen molar-refractivity contribution in [1.82, 2.24) is 73.2 Å². The van der Waals surface area contributed by atoms with Gasteiger partial charge in [-0.2, -0.15) is 0 Å². The van der Waals surface area contributed by atoms with Crippen LogP contribution in [-0.4, -0.2) is 228 Å². The van der Waals surface area contributed by atoms with Crippen LogP contribution in [0.4, 0.5) is 0 Å². The molecule has 0 spiro atoms. The maximum atomic E-state index is 14.5. The second-order valence-electron chi connectivity index (χ2n) is 30.8. The van der Waals surface area contributed by atoms with Crippen molar-refractivity contribution in [2.24, 2.45) is 29.4 Å². The molecule has 3 aliphatic heterocycles. The van der Waals surface area contributed by atoms with Gasteiger partial charge in [0.15, 0.2) is 0 Å². The largest absolute Gasteiger partial charge is 0.394 e. The maximum absolute atomic E-state index is 14.5. The van der Waals surface area contributed by atoms with E-state index in [2.05, 4.69) is 58.5 Å². The van der Waals surface area contributed by atoms with Crippen molar-refractivity contribution in [2.75, 3.05) is 32.8 Å². The van der Waals surface area contributed by atoms with Crippen LogP contribution >= 0.6 is 0 Å². The van der Waals surface area contributed by atoms with Gasteiger partial charge in [0.25, 0.3) is 0 Å². The van der Waals surface area contributed by atoms with Crippen molar-refractivity contribution >= 4 is 88.6 Å². The fourth-order valence-electron chi connectivity index (χ4n) is 12.2. The molecule has 3 aliphatic rings. The van der Waals surface area contributed by atoms with Gasteiger partial charge in [0.2, 0.25) is 88.6 Å². The van der Waals surface area contributed by atoms with Gasteiger partial charge in [-0.25, -0.2) is 0 Å². The Bertz CT molecular complexity index is 3000. The second-order valence-corrected chi connectivity index (χ2v) is 30.8. The van der Waals surface area contributed by atoms with Crippen molar-refractivity contribution in [1.29, 1.82) is 0 Å². The number of nitrogens with one attached hydrogen (secondary N) is 11. The van der Waals surface area contributed by atoms with Crippen LogP contribution in [0.2, 0.25) is 0 Å². The number of aliphatic hydroxyl groups excluding tert-OH is 2. The predicted octanol–water partition coefficient (Wildman–Crippen LogP) is -1.59. The van der Waals surface area contributed by atoms with Crippen LogP contribution in [0.1, 0.15) is 202 Å². The number of hydrogen-bond acceptors (Lipinski definition) is 17. The molecule has 3 rings (SSSR count). The van der Waals surface area contributed by atoms with E-state index in [9.17, 15) is 82.1 Å². The molecule has 10 unspecified atom stereocenters. The molecular weight excluding hydrogens is 1300 g/mol. The molecule has 0 radical (unpaired) electrons. The molecule has 15 N–H and O–H groups in total. The van der Waals surface area contributed by atoms with Gasteiger partial charge in [-0.3, -0.25) is 71.9 Å². The van der Waals surface area contributed by atoms with E-state index >= 15 is 0 Å². The normalized spacial score (nSPS) is 18.8. The molecule has 3 saturated heterocycles. The Morgan fingerprint density at radius 3 is 1.20 bits per heavy atom. The Morgan fingerprint density at radius 2 is 0.820 bits per heavy atom. The fraction of sp³-hybridized carbons (Fsp3) is 0.779. The summed E-state index contributed by atoms with van der Waals surface area (Å²) in [5.41, 5.74) is -2.79. The average Bonchev–Trinajstić information content (AvgIpc) is 1.63. The Balaban J connectivity index is 1.72. The van der Waals surface area contributed by atoms with Crippen LogP contribution < -0.4 is 64.2 Å². The molecule has 100 heavy (non-hydrogen) atoms. The summed E-state index contributed by atoms with van der Waals surface area (Å²) in [6.07, 6.45) is 1.82. The monoisotopic (exact) mass is 1420 g/mol. The highest BCUT2D eigenvalue weighted by Gasteiger charge is 2.48. The van der Waals surface area contributed by atoms with Crippen LogP contribution in [0, 0.1) is 23.7 Å². The quantitative estimate of drug-likeness (QED) is 0.0336. The standard InChI is InChI=1S/C68H117N15O17/c1-20-39(8)50(75-52(89)45(35-85)72-56(93)47-25-22-30-82(47)61(98)66(14,15)77-53(90)42(32-36(2)3)70-51(88)41(27-28-49(69)87)73-59(96)64(10,11)76-40(9)86)58(95)80-68(18,19)63(100)83-31-23-26-48(83)57(94)79-65(12,13)60(97)74-43(33-37(4)5)54(91)78-67(16,17)62(99)81-29-21-24-46(81)55(92)71-44(34-84)38(6)7/h36-39,41-48,50,84-85H,20-35H2,1-19H3,(H2,69,87)(H,70,88)(H,71,92)(H,72,93)(H,73,96)(H,74,97)(H,75,89)(H,76,86)(H,77,90)(H,78,91)(H,79,94)(H,80,95). The zero-order chi connectivity index (χ0) is 76.5. The Morgan fingerprint density at radius 1 is 0.440 bits per heavy atom. The summed E-state index contributed by atoms with van der Waals surface area (Å²) in [5, 5.41) is 49.6. The predicted molar refractivity (Wildman–Crippen MR) is 368 cm³/mol. The number of primary amides is 1. The second kappa shape index (κ2) is 36.5. The summed E-state index contributed by atoms with van der Waals surface area (Å²) < 4.78 is 0. The summed E-state index contributed by atoms with van der Waals surface area (Å²) in [6, 6.07) is -10.6. The first-order valence-electron chi connectivity index (χ1n) is 34.9. The first kappa shape index (κ1) is 86.2. The average molecular weight is 1420 g/mol. The first-order chi connectivity index (χ1) is 46.1. The van der Waals surface area contributed by atoms with Gasteiger partial charge < -0.3 is 89.1 Å². The molecule has 0 aromatic heterocycles. The van der Waals surface area contributed by atoms with Crippen molar-refractivity contribution in [3.63, 3.8) is 0 Å². The molecule has 32 heteroatoms. The van der Waals surface area contributed by atoms with Gasteiger partial charge in [-0.15, -0.1) is 0 Å². The fourth-order valence-corrected chi connectivity index (χ4v) is 12.2. The van der Waals surface area contributed by atoms with E-state index in [1.807, 2.05) is 27.7 Å². The lowest BCUT2D eigenvalue weighted by Gasteiger charge is -2.36. The van der Waals surface area contributed by atoms with Gasteiger partial charge in [0.1, 0.15) is 76.0 Å². The van der Waals surface area contributed by atoms with E-state index in [0.29, 0.717) is 32.1 Å². The lowest BCUT2D eigenvalue weighted by Crippen LogP contribution is -2.65. The molecule has 0 bridgehead atoms. The van der Waals surface area contributed by atoms with E-state index < -0.39 is 183 Å². The minimum atomic E-state index is -1.73. The number of carbonyl (C=O) groups is 15. The number of amides is 15. The molecular formula is C68H117N15O17. The third kappa shape index (κ3) is 24.1. The molecule has 3 heterocycles. The molecule has 3 fully saturated rings. The van der Waals surface area contributed by atoms with E-state index in [0.717, 1.165) is 0 Å². The minimum absolute atomic E-state index is 0.0438. The van der Waals surface area contributed by atoms with E-state index in [1.54, 1.807) is 27.7 Å². The van der Waals surface area contributed by atoms with Crippen molar-refractivity contribution < 1.29 is 82.1 Å². The van der Waals surface area contributed by atoms with Crippen LogP contribution in [0.5, 0.6) is 0 Å². The number of nitrogens with zero attached hydrogens (tertiary/aromatic N) is 3. The first-order valence-corrected chi connectivity index (χ1v) is 34.9. The number of rotatable bonds is 36. The molecule has 0 saturated carbocycles. The smallest absolute Gasteiger partial charge is 0.248 e. The zero-order valence-electron chi connectivity index (χ0n) is 62.3. The molecule has 10 atom stereocenters. The van der Waals surface area contributed by atoms with E-state index in [-0.39, 0.29) is 82.5 Å². The highest BCUT2D eigenvalue weighted by Crippen LogP contribution is 2.27. The van der Waals surface area contributed by atoms with Crippen LogP contribution in [0.15, 0.2) is 0 Å². The Kier molecular flexibility index (Phi) is 31.5. The Labute approximate surface area is 588 Å². The number of nitrogens with two attached hydrogens (primary N) is 1. The van der Waals surface area contributed by atoms with Crippen molar-refractivity contribution in [3.8, 4) is 0 Å². The van der Waals surface area contributed by atoms with Gasteiger partial charge in [0.05, 0.1) is 19.3 Å². The van der Waals surface area contributed by atoms with Gasteiger partial charge in [0, 0.05) is 33.0 Å². The Hall–Kier alpha value is -8.03. The van der Waals surface area contributed by atoms with E-state index in [1.165, 1.54) is 90.9 Å².